The summed E-state index contributed by atoms with van der Waals surface area (Å²) in [5.74, 6) is 0.804. The molecule has 5 rings (SSSR count). The van der Waals surface area contributed by atoms with Crippen LogP contribution in [0.4, 0.5) is 16.0 Å². The summed E-state index contributed by atoms with van der Waals surface area (Å²) in [6.07, 6.45) is 0. The Hall–Kier alpha value is -3.39. The molecular weight excluding hydrogens is 401 g/mol. The van der Waals surface area contributed by atoms with E-state index < -0.39 is 0 Å². The van der Waals surface area contributed by atoms with Gasteiger partial charge in [-0.3, -0.25) is 9.69 Å². The molecule has 0 N–H and O–H groups in total. The molecule has 0 spiro atoms. The lowest BCUT2D eigenvalue weighted by atomic mass is 10.2. The van der Waals surface area contributed by atoms with E-state index in [9.17, 15) is 9.18 Å². The van der Waals surface area contributed by atoms with Crippen molar-refractivity contribution in [3.8, 4) is 10.6 Å². The zero-order valence-electron chi connectivity index (χ0n) is 16.5. The van der Waals surface area contributed by atoms with Crippen molar-refractivity contribution in [2.75, 3.05) is 29.9 Å². The smallest absolute Gasteiger partial charge is 0.271 e. The molecule has 30 heavy (non-hydrogen) atoms. The van der Waals surface area contributed by atoms with Crippen molar-refractivity contribution in [2.24, 2.45) is 0 Å². The number of aromatic nitrogens is 3. The van der Waals surface area contributed by atoms with E-state index in [4.69, 9.17) is 9.97 Å². The Labute approximate surface area is 176 Å². The number of halogens is 1. The number of aryl methyl sites for hydroxylation is 1. The fourth-order valence-electron chi connectivity index (χ4n) is 3.51. The van der Waals surface area contributed by atoms with Gasteiger partial charge in [0.25, 0.3) is 5.91 Å². The van der Waals surface area contributed by atoms with Gasteiger partial charge in [0.2, 0.25) is 0 Å². The third-order valence-corrected chi connectivity index (χ3v) is 6.33. The fraction of sp³-hybridized carbons (Fsp3) is 0.182. The first-order valence-electron chi connectivity index (χ1n) is 9.54. The van der Waals surface area contributed by atoms with Crippen molar-refractivity contribution >= 4 is 39.9 Å². The van der Waals surface area contributed by atoms with Crippen molar-refractivity contribution in [3.63, 3.8) is 0 Å². The molecule has 4 aromatic rings. The molecule has 150 valence electrons. The van der Waals surface area contributed by atoms with Crippen LogP contribution in [0.15, 0.2) is 48.5 Å². The molecule has 6 nitrogen and oxygen atoms in total. The number of benzene rings is 2. The van der Waals surface area contributed by atoms with E-state index in [1.807, 2.05) is 43.1 Å². The molecular formula is C22H18FN5OS. The number of para-hydroxylation sites is 2. The SMILES string of the molecule is Cc1nc(-c2ccc(F)cc2)sc1C(=O)N1CCN(C)c2nc3ccccc3nc21. The number of amides is 1. The summed E-state index contributed by atoms with van der Waals surface area (Å²) in [5, 5.41) is 0.690. The topological polar surface area (TPSA) is 62.2 Å². The van der Waals surface area contributed by atoms with Crippen LogP contribution >= 0.6 is 11.3 Å². The minimum atomic E-state index is -0.303. The molecule has 0 bridgehead atoms. The summed E-state index contributed by atoms with van der Waals surface area (Å²) in [4.78, 5) is 31.8. The monoisotopic (exact) mass is 419 g/mol. The number of nitrogens with zero attached hydrogens (tertiary/aromatic N) is 5. The summed E-state index contributed by atoms with van der Waals surface area (Å²) in [7, 11) is 1.95. The maximum atomic E-state index is 13.5. The highest BCUT2D eigenvalue weighted by Crippen LogP contribution is 2.34. The molecule has 0 radical (unpaired) electrons. The molecule has 0 fully saturated rings. The first kappa shape index (κ1) is 18.6. The number of carbonyl (C=O) groups is 1. The lowest BCUT2D eigenvalue weighted by Crippen LogP contribution is -2.43. The van der Waals surface area contributed by atoms with Crippen LogP contribution in [-0.4, -0.2) is 41.0 Å². The fourth-order valence-corrected chi connectivity index (χ4v) is 4.53. The predicted molar refractivity (Wildman–Crippen MR) is 117 cm³/mol. The highest BCUT2D eigenvalue weighted by atomic mass is 32.1. The van der Waals surface area contributed by atoms with Gasteiger partial charge in [0, 0.05) is 25.7 Å². The van der Waals surface area contributed by atoms with Gasteiger partial charge in [-0.2, -0.15) is 0 Å². The Bertz CT molecular complexity index is 1270. The molecule has 2 aromatic heterocycles. The summed E-state index contributed by atoms with van der Waals surface area (Å²) in [5.41, 5.74) is 2.98. The van der Waals surface area contributed by atoms with E-state index in [2.05, 4.69) is 4.98 Å². The van der Waals surface area contributed by atoms with Gasteiger partial charge in [-0.15, -0.1) is 11.3 Å². The Morgan fingerprint density at radius 2 is 1.63 bits per heavy atom. The third-order valence-electron chi connectivity index (χ3n) is 5.14. The summed E-state index contributed by atoms with van der Waals surface area (Å²) >= 11 is 1.31. The van der Waals surface area contributed by atoms with Gasteiger partial charge in [-0.1, -0.05) is 12.1 Å². The molecule has 0 aliphatic carbocycles. The molecule has 2 aromatic carbocycles. The molecule has 1 aliphatic heterocycles. The van der Waals surface area contributed by atoms with Crippen LogP contribution < -0.4 is 9.80 Å². The second-order valence-corrected chi connectivity index (χ2v) is 8.18. The van der Waals surface area contributed by atoms with Crippen LogP contribution in [0.1, 0.15) is 15.4 Å². The van der Waals surface area contributed by atoms with Crippen LogP contribution in [-0.2, 0) is 0 Å². The van der Waals surface area contributed by atoms with Gasteiger partial charge < -0.3 is 4.90 Å². The van der Waals surface area contributed by atoms with E-state index in [-0.39, 0.29) is 11.7 Å². The van der Waals surface area contributed by atoms with Crippen molar-refractivity contribution in [3.05, 3.63) is 64.9 Å². The highest BCUT2D eigenvalue weighted by molar-refractivity contribution is 7.17. The number of hydrogen-bond donors (Lipinski definition) is 0. The Kier molecular flexibility index (Phi) is 4.43. The molecule has 1 aliphatic rings. The molecule has 0 unspecified atom stereocenters. The number of carbonyl (C=O) groups excluding carboxylic acids is 1. The van der Waals surface area contributed by atoms with Gasteiger partial charge >= 0.3 is 0 Å². The molecule has 0 saturated carbocycles. The average Bonchev–Trinajstić information content (AvgIpc) is 3.14. The van der Waals surface area contributed by atoms with Crippen LogP contribution in [0.2, 0.25) is 0 Å². The van der Waals surface area contributed by atoms with Crippen LogP contribution in [0, 0.1) is 12.7 Å². The molecule has 3 heterocycles. The van der Waals surface area contributed by atoms with Gasteiger partial charge in [-0.25, -0.2) is 19.3 Å². The highest BCUT2D eigenvalue weighted by Gasteiger charge is 2.31. The standard InChI is InChI=1S/C22H18FN5OS/c1-13-18(30-21(24-13)14-7-9-15(23)10-8-14)22(29)28-12-11-27(2)19-20(28)26-17-6-4-3-5-16(17)25-19/h3-10H,11-12H2,1-2H3. The second kappa shape index (κ2) is 7.14. The number of rotatable bonds is 2. The summed E-state index contributed by atoms with van der Waals surface area (Å²) < 4.78 is 13.2. The zero-order valence-corrected chi connectivity index (χ0v) is 17.3. The largest absolute Gasteiger partial charge is 0.355 e. The van der Waals surface area contributed by atoms with Crippen molar-refractivity contribution < 1.29 is 9.18 Å². The maximum Gasteiger partial charge on any atom is 0.271 e. The van der Waals surface area contributed by atoms with E-state index >= 15 is 0 Å². The number of hydrogen-bond acceptors (Lipinski definition) is 6. The van der Waals surface area contributed by atoms with Crippen molar-refractivity contribution in [2.45, 2.75) is 6.92 Å². The van der Waals surface area contributed by atoms with Gasteiger partial charge in [0.1, 0.15) is 15.7 Å². The first-order chi connectivity index (χ1) is 14.5. The third kappa shape index (κ3) is 3.09. The molecule has 0 saturated heterocycles. The number of anilines is 2. The van der Waals surface area contributed by atoms with Gasteiger partial charge in [-0.05, 0) is 43.3 Å². The van der Waals surface area contributed by atoms with Crippen LogP contribution in [0.3, 0.4) is 0 Å². The number of fused-ring (bicyclic) bond motifs is 2. The van der Waals surface area contributed by atoms with Crippen LogP contribution in [0.5, 0.6) is 0 Å². The van der Waals surface area contributed by atoms with Crippen molar-refractivity contribution in [1.82, 2.24) is 15.0 Å². The minimum absolute atomic E-state index is 0.141. The van der Waals surface area contributed by atoms with E-state index in [0.29, 0.717) is 40.3 Å². The van der Waals surface area contributed by atoms with Gasteiger partial charge in [0.05, 0.1) is 16.7 Å². The summed E-state index contributed by atoms with van der Waals surface area (Å²) in [6.45, 7) is 2.99. The quantitative estimate of drug-likeness (QED) is 0.485. The Morgan fingerprint density at radius 3 is 2.33 bits per heavy atom. The second-order valence-electron chi connectivity index (χ2n) is 7.18. The number of thiazole rings is 1. The van der Waals surface area contributed by atoms with E-state index in [1.54, 1.807) is 17.0 Å². The zero-order chi connectivity index (χ0) is 20.8. The molecule has 1 amide bonds. The number of likely N-dealkylation sites (N-methyl/N-ethyl adjacent to an activating group) is 1. The Morgan fingerprint density at radius 1 is 0.967 bits per heavy atom. The predicted octanol–water partition coefficient (Wildman–Crippen LogP) is 4.30. The minimum Gasteiger partial charge on any atom is -0.355 e. The maximum absolute atomic E-state index is 13.5. The summed E-state index contributed by atoms with van der Waals surface area (Å²) in [6, 6.07) is 13.8. The lowest BCUT2D eigenvalue weighted by molar-refractivity contribution is 0.0989. The van der Waals surface area contributed by atoms with E-state index in [1.165, 1.54) is 23.5 Å². The average molecular weight is 419 g/mol. The lowest BCUT2D eigenvalue weighted by Gasteiger charge is -2.33. The normalized spacial score (nSPS) is 13.6. The van der Waals surface area contributed by atoms with Crippen LogP contribution in [0.25, 0.3) is 21.6 Å². The Balaban J connectivity index is 1.55. The van der Waals surface area contributed by atoms with Crippen molar-refractivity contribution in [1.29, 1.82) is 0 Å². The molecule has 0 atom stereocenters. The van der Waals surface area contributed by atoms with Gasteiger partial charge in [0.15, 0.2) is 11.6 Å². The first-order valence-corrected chi connectivity index (χ1v) is 10.4. The van der Waals surface area contributed by atoms with E-state index in [0.717, 1.165) is 16.6 Å². The molecule has 8 heteroatoms.